The first-order valence-corrected chi connectivity index (χ1v) is 6.70. The lowest BCUT2D eigenvalue weighted by Gasteiger charge is -2.18. The summed E-state index contributed by atoms with van der Waals surface area (Å²) in [7, 11) is 0. The number of amides is 3. The fraction of sp³-hybridized carbons (Fsp3) is 0.143. The van der Waals surface area contributed by atoms with Crippen LogP contribution in [-0.2, 0) is 10.3 Å². The van der Waals surface area contributed by atoms with Gasteiger partial charge in [0.1, 0.15) is 0 Å². The monoisotopic (exact) mass is 272 g/mol. The Morgan fingerprint density at radius 3 is 2.42 bits per heavy atom. The van der Waals surface area contributed by atoms with Crippen LogP contribution in [0.25, 0.3) is 10.4 Å². The average Bonchev–Trinajstić information content (AvgIpc) is 2.97. The third-order valence-corrected chi connectivity index (χ3v) is 4.56. The van der Waals surface area contributed by atoms with Crippen LogP contribution >= 0.6 is 11.3 Å². The number of rotatable bonds is 2. The topological polar surface area (TPSA) is 58.2 Å². The van der Waals surface area contributed by atoms with Crippen molar-refractivity contribution in [3.63, 3.8) is 0 Å². The van der Waals surface area contributed by atoms with Crippen LogP contribution < -0.4 is 10.6 Å². The van der Waals surface area contributed by atoms with Gasteiger partial charge in [0, 0.05) is 9.75 Å². The fourth-order valence-corrected chi connectivity index (χ4v) is 3.19. The van der Waals surface area contributed by atoms with Crippen LogP contribution in [-0.4, -0.2) is 11.9 Å². The third kappa shape index (κ3) is 1.92. The highest BCUT2D eigenvalue weighted by Gasteiger charge is 2.44. The molecule has 1 fully saturated rings. The number of hydrogen-bond acceptors (Lipinski definition) is 3. The van der Waals surface area contributed by atoms with E-state index < -0.39 is 11.6 Å². The van der Waals surface area contributed by atoms with E-state index in [0.29, 0.717) is 0 Å². The van der Waals surface area contributed by atoms with Gasteiger partial charge in [-0.2, -0.15) is 0 Å². The maximum Gasteiger partial charge on any atom is 0.322 e. The van der Waals surface area contributed by atoms with Crippen molar-refractivity contribution in [2.45, 2.75) is 12.5 Å². The van der Waals surface area contributed by atoms with Crippen LogP contribution in [0, 0.1) is 0 Å². The average molecular weight is 272 g/mol. The zero-order chi connectivity index (χ0) is 13.5. The normalized spacial score (nSPS) is 22.2. The molecule has 3 rings (SSSR count). The van der Waals surface area contributed by atoms with E-state index in [1.165, 1.54) is 11.3 Å². The zero-order valence-corrected chi connectivity index (χ0v) is 11.1. The highest BCUT2D eigenvalue weighted by molar-refractivity contribution is 7.15. The molecular formula is C14H12N2O2S. The van der Waals surface area contributed by atoms with Crippen molar-refractivity contribution in [3.05, 3.63) is 47.3 Å². The van der Waals surface area contributed by atoms with Crippen LogP contribution in [0.1, 0.15) is 11.8 Å². The van der Waals surface area contributed by atoms with Gasteiger partial charge in [0.05, 0.1) is 0 Å². The number of hydrogen-bond donors (Lipinski definition) is 2. The predicted octanol–water partition coefficient (Wildman–Crippen LogP) is 2.47. The lowest BCUT2D eigenvalue weighted by molar-refractivity contribution is -0.123. The van der Waals surface area contributed by atoms with Crippen molar-refractivity contribution >= 4 is 23.3 Å². The Labute approximate surface area is 114 Å². The number of imide groups is 1. The fourth-order valence-electron chi connectivity index (χ4n) is 2.08. The van der Waals surface area contributed by atoms with Crippen molar-refractivity contribution in [2.75, 3.05) is 0 Å². The molecule has 0 radical (unpaired) electrons. The van der Waals surface area contributed by atoms with Crippen LogP contribution in [0.4, 0.5) is 4.79 Å². The summed E-state index contributed by atoms with van der Waals surface area (Å²) in [6, 6.07) is 13.4. The summed E-state index contributed by atoms with van der Waals surface area (Å²) in [4.78, 5) is 25.0. The highest BCUT2D eigenvalue weighted by atomic mass is 32.1. The smallest absolute Gasteiger partial charge is 0.319 e. The Bertz CT molecular complexity index is 650. The Balaban J connectivity index is 1.98. The Hall–Kier alpha value is -2.14. The van der Waals surface area contributed by atoms with Crippen molar-refractivity contribution < 1.29 is 9.59 Å². The SMILES string of the molecule is C[C@]1(c2ccc(-c3ccccc3)s2)NC(=O)NC1=O. The molecule has 1 aromatic heterocycles. The molecule has 1 saturated heterocycles. The number of carbonyl (C=O) groups is 2. The Morgan fingerprint density at radius 2 is 1.79 bits per heavy atom. The largest absolute Gasteiger partial charge is 0.322 e. The number of benzene rings is 1. The molecule has 0 spiro atoms. The van der Waals surface area contributed by atoms with E-state index >= 15 is 0 Å². The van der Waals surface area contributed by atoms with Gasteiger partial charge in [0.25, 0.3) is 5.91 Å². The minimum Gasteiger partial charge on any atom is -0.319 e. The van der Waals surface area contributed by atoms with Gasteiger partial charge in [-0.25, -0.2) is 4.79 Å². The van der Waals surface area contributed by atoms with E-state index in [0.717, 1.165) is 15.3 Å². The molecule has 0 saturated carbocycles. The first kappa shape index (κ1) is 11.9. The minimum atomic E-state index is -0.964. The molecule has 2 heterocycles. The van der Waals surface area contributed by atoms with Gasteiger partial charge >= 0.3 is 6.03 Å². The summed E-state index contributed by atoms with van der Waals surface area (Å²) in [6.45, 7) is 1.72. The molecular weight excluding hydrogens is 260 g/mol. The third-order valence-electron chi connectivity index (χ3n) is 3.20. The van der Waals surface area contributed by atoms with Gasteiger partial charge in [-0.1, -0.05) is 30.3 Å². The number of urea groups is 1. The molecule has 1 aliphatic rings. The molecule has 0 bridgehead atoms. The molecule has 2 aromatic rings. The van der Waals surface area contributed by atoms with E-state index in [-0.39, 0.29) is 5.91 Å². The van der Waals surface area contributed by atoms with E-state index in [1.54, 1.807) is 6.92 Å². The van der Waals surface area contributed by atoms with Gasteiger partial charge in [-0.3, -0.25) is 10.1 Å². The van der Waals surface area contributed by atoms with Gasteiger partial charge < -0.3 is 5.32 Å². The summed E-state index contributed by atoms with van der Waals surface area (Å²) in [6.07, 6.45) is 0. The summed E-state index contributed by atoms with van der Waals surface area (Å²) in [5.41, 5.74) is 0.140. The summed E-state index contributed by atoms with van der Waals surface area (Å²) in [5, 5.41) is 4.94. The lowest BCUT2D eigenvalue weighted by atomic mass is 10.0. The second-order valence-corrected chi connectivity index (χ2v) is 5.65. The quantitative estimate of drug-likeness (QED) is 0.825. The Kier molecular flexibility index (Phi) is 2.64. The molecule has 2 N–H and O–H groups in total. The molecule has 96 valence electrons. The van der Waals surface area contributed by atoms with Crippen molar-refractivity contribution in [1.29, 1.82) is 0 Å². The van der Waals surface area contributed by atoms with Crippen LogP contribution in [0.2, 0.25) is 0 Å². The minimum absolute atomic E-state index is 0.307. The van der Waals surface area contributed by atoms with Gasteiger partial charge in [-0.15, -0.1) is 11.3 Å². The van der Waals surface area contributed by atoms with Crippen LogP contribution in [0.5, 0.6) is 0 Å². The van der Waals surface area contributed by atoms with Gasteiger partial charge in [-0.05, 0) is 24.6 Å². The molecule has 1 atom stereocenters. The molecule has 4 nitrogen and oxygen atoms in total. The molecule has 19 heavy (non-hydrogen) atoms. The summed E-state index contributed by atoms with van der Waals surface area (Å²) >= 11 is 1.51. The molecule has 0 unspecified atom stereocenters. The summed E-state index contributed by atoms with van der Waals surface area (Å²) < 4.78 is 0. The first-order chi connectivity index (χ1) is 9.09. The summed E-state index contributed by atoms with van der Waals surface area (Å²) in [5.74, 6) is -0.307. The van der Waals surface area contributed by atoms with Crippen molar-refractivity contribution in [1.82, 2.24) is 10.6 Å². The second-order valence-electron chi connectivity index (χ2n) is 4.56. The van der Waals surface area contributed by atoms with Gasteiger partial charge in [0.15, 0.2) is 5.54 Å². The molecule has 1 aliphatic heterocycles. The maximum atomic E-state index is 11.9. The lowest BCUT2D eigenvalue weighted by Crippen LogP contribution is -2.39. The first-order valence-electron chi connectivity index (χ1n) is 5.89. The van der Waals surface area contributed by atoms with E-state index in [9.17, 15) is 9.59 Å². The molecule has 3 amide bonds. The molecule has 1 aromatic carbocycles. The Morgan fingerprint density at radius 1 is 1.05 bits per heavy atom. The number of thiophene rings is 1. The van der Waals surface area contributed by atoms with E-state index in [1.807, 2.05) is 42.5 Å². The highest BCUT2D eigenvalue weighted by Crippen LogP contribution is 2.35. The van der Waals surface area contributed by atoms with Crippen molar-refractivity contribution in [3.8, 4) is 10.4 Å². The second kappa shape index (κ2) is 4.20. The molecule has 0 aliphatic carbocycles. The number of nitrogens with one attached hydrogen (secondary N) is 2. The van der Waals surface area contributed by atoms with E-state index in [2.05, 4.69) is 10.6 Å². The van der Waals surface area contributed by atoms with Crippen LogP contribution in [0.15, 0.2) is 42.5 Å². The van der Waals surface area contributed by atoms with Crippen LogP contribution in [0.3, 0.4) is 0 Å². The maximum absolute atomic E-state index is 11.9. The van der Waals surface area contributed by atoms with Gasteiger partial charge in [0.2, 0.25) is 0 Å². The zero-order valence-electron chi connectivity index (χ0n) is 10.3. The standard InChI is InChI=1S/C14H12N2O2S/c1-14(12(17)15-13(18)16-14)11-8-7-10(19-11)9-5-3-2-4-6-9/h2-8H,1H3,(H2,15,16,17,18)/t14-/m1/s1. The van der Waals surface area contributed by atoms with Crippen molar-refractivity contribution in [2.24, 2.45) is 0 Å². The molecule has 5 heteroatoms. The predicted molar refractivity (Wildman–Crippen MR) is 73.8 cm³/mol. The number of carbonyl (C=O) groups excluding carboxylic acids is 2. The van der Waals surface area contributed by atoms with E-state index in [4.69, 9.17) is 0 Å².